The summed E-state index contributed by atoms with van der Waals surface area (Å²) < 4.78 is 8.36. The Balaban J connectivity index is 1.68. The summed E-state index contributed by atoms with van der Waals surface area (Å²) in [5.74, 6) is 1.05. The van der Waals surface area contributed by atoms with Crippen molar-refractivity contribution in [1.29, 1.82) is 0 Å². The highest BCUT2D eigenvalue weighted by Crippen LogP contribution is 2.30. The van der Waals surface area contributed by atoms with Crippen LogP contribution in [0.3, 0.4) is 0 Å². The zero-order valence-electron chi connectivity index (χ0n) is 12.9. The van der Waals surface area contributed by atoms with Gasteiger partial charge in [-0.05, 0) is 37.1 Å². The Kier molecular flexibility index (Phi) is 4.02. The van der Waals surface area contributed by atoms with Gasteiger partial charge in [-0.25, -0.2) is 0 Å². The van der Waals surface area contributed by atoms with E-state index in [0.717, 1.165) is 31.6 Å². The van der Waals surface area contributed by atoms with Crippen LogP contribution in [0.25, 0.3) is 0 Å². The standard InChI is InChI=1S/C18H24N2O/c1-3-15(19)11-16-5-4-8-20(16)12-17-10-14-9-13(2)6-7-18(14)21-17/h4-9,15,17H,3,10-12,19H2,1-2H3. The van der Waals surface area contributed by atoms with Crippen LogP contribution in [0.1, 0.15) is 30.2 Å². The van der Waals surface area contributed by atoms with Crippen molar-refractivity contribution in [3.63, 3.8) is 0 Å². The molecule has 0 spiro atoms. The molecule has 3 nitrogen and oxygen atoms in total. The third-order valence-electron chi connectivity index (χ3n) is 4.28. The van der Waals surface area contributed by atoms with Crippen molar-refractivity contribution in [3.8, 4) is 5.75 Å². The Morgan fingerprint density at radius 2 is 2.24 bits per heavy atom. The number of hydrogen-bond donors (Lipinski definition) is 1. The molecule has 3 heteroatoms. The largest absolute Gasteiger partial charge is 0.488 e. The van der Waals surface area contributed by atoms with Crippen LogP contribution in [0.2, 0.25) is 0 Å². The van der Waals surface area contributed by atoms with Gasteiger partial charge in [-0.15, -0.1) is 0 Å². The predicted octanol–water partition coefficient (Wildman–Crippen LogP) is 3.08. The predicted molar refractivity (Wildman–Crippen MR) is 85.7 cm³/mol. The van der Waals surface area contributed by atoms with Crippen molar-refractivity contribution in [1.82, 2.24) is 4.57 Å². The molecule has 2 atom stereocenters. The van der Waals surface area contributed by atoms with Gasteiger partial charge in [0.25, 0.3) is 0 Å². The lowest BCUT2D eigenvalue weighted by Gasteiger charge is -2.16. The molecule has 2 N–H and O–H groups in total. The fourth-order valence-electron chi connectivity index (χ4n) is 3.00. The Bertz CT molecular complexity index is 617. The Morgan fingerprint density at radius 1 is 1.38 bits per heavy atom. The summed E-state index contributed by atoms with van der Waals surface area (Å²) in [7, 11) is 0. The van der Waals surface area contributed by atoms with E-state index >= 15 is 0 Å². The molecule has 0 aliphatic carbocycles. The smallest absolute Gasteiger partial charge is 0.123 e. The van der Waals surface area contributed by atoms with Crippen molar-refractivity contribution < 1.29 is 4.74 Å². The van der Waals surface area contributed by atoms with Crippen molar-refractivity contribution in [3.05, 3.63) is 53.3 Å². The van der Waals surface area contributed by atoms with E-state index in [1.54, 1.807) is 0 Å². The molecule has 0 saturated heterocycles. The fraction of sp³-hybridized carbons (Fsp3) is 0.444. The summed E-state index contributed by atoms with van der Waals surface area (Å²) in [6.45, 7) is 5.16. The second-order valence-corrected chi connectivity index (χ2v) is 6.08. The molecule has 0 amide bonds. The number of rotatable bonds is 5. The highest BCUT2D eigenvalue weighted by atomic mass is 16.5. The van der Waals surface area contributed by atoms with Crippen LogP contribution in [-0.2, 0) is 19.4 Å². The first-order chi connectivity index (χ1) is 10.2. The highest BCUT2D eigenvalue weighted by molar-refractivity contribution is 5.40. The molecule has 2 unspecified atom stereocenters. The van der Waals surface area contributed by atoms with Crippen molar-refractivity contribution in [2.24, 2.45) is 5.73 Å². The maximum absolute atomic E-state index is 6.08. The van der Waals surface area contributed by atoms with Gasteiger partial charge in [-0.3, -0.25) is 0 Å². The van der Waals surface area contributed by atoms with Crippen molar-refractivity contribution in [2.75, 3.05) is 0 Å². The summed E-state index contributed by atoms with van der Waals surface area (Å²) in [6, 6.07) is 10.9. The lowest BCUT2D eigenvalue weighted by atomic mass is 10.1. The summed E-state index contributed by atoms with van der Waals surface area (Å²) in [6.07, 6.45) is 5.30. The normalized spacial score (nSPS) is 18.3. The van der Waals surface area contributed by atoms with Crippen LogP contribution in [0.5, 0.6) is 5.75 Å². The van der Waals surface area contributed by atoms with E-state index in [-0.39, 0.29) is 12.1 Å². The molecule has 1 aromatic carbocycles. The molecule has 3 rings (SSSR count). The van der Waals surface area contributed by atoms with E-state index in [1.165, 1.54) is 16.8 Å². The van der Waals surface area contributed by atoms with E-state index in [9.17, 15) is 0 Å². The third-order valence-corrected chi connectivity index (χ3v) is 4.28. The van der Waals surface area contributed by atoms with Gasteiger partial charge in [0, 0.05) is 30.8 Å². The van der Waals surface area contributed by atoms with E-state index in [2.05, 4.69) is 54.9 Å². The number of aromatic nitrogens is 1. The quantitative estimate of drug-likeness (QED) is 0.916. The molecular formula is C18H24N2O. The molecule has 0 fully saturated rings. The van der Waals surface area contributed by atoms with E-state index in [4.69, 9.17) is 10.5 Å². The summed E-state index contributed by atoms with van der Waals surface area (Å²) >= 11 is 0. The molecule has 0 bridgehead atoms. The summed E-state index contributed by atoms with van der Waals surface area (Å²) in [5, 5.41) is 0. The van der Waals surface area contributed by atoms with Gasteiger partial charge in [0.2, 0.25) is 0 Å². The van der Waals surface area contributed by atoms with Gasteiger partial charge >= 0.3 is 0 Å². The minimum Gasteiger partial charge on any atom is -0.488 e. The van der Waals surface area contributed by atoms with Crippen molar-refractivity contribution in [2.45, 2.75) is 51.8 Å². The van der Waals surface area contributed by atoms with Crippen LogP contribution in [0.4, 0.5) is 0 Å². The molecule has 2 aromatic rings. The minimum atomic E-state index is 0.228. The zero-order valence-corrected chi connectivity index (χ0v) is 12.9. The highest BCUT2D eigenvalue weighted by Gasteiger charge is 2.23. The van der Waals surface area contributed by atoms with E-state index in [0.29, 0.717) is 0 Å². The lowest BCUT2D eigenvalue weighted by Crippen LogP contribution is -2.26. The van der Waals surface area contributed by atoms with Gasteiger partial charge in [-0.1, -0.05) is 24.6 Å². The minimum absolute atomic E-state index is 0.228. The lowest BCUT2D eigenvalue weighted by molar-refractivity contribution is 0.208. The fourth-order valence-corrected chi connectivity index (χ4v) is 3.00. The maximum atomic E-state index is 6.08. The number of nitrogens with zero attached hydrogens (tertiary/aromatic N) is 1. The number of nitrogens with two attached hydrogens (primary N) is 1. The number of ether oxygens (including phenoxy) is 1. The Hall–Kier alpha value is -1.74. The second kappa shape index (κ2) is 5.94. The Morgan fingerprint density at radius 3 is 3.05 bits per heavy atom. The van der Waals surface area contributed by atoms with Gasteiger partial charge < -0.3 is 15.0 Å². The summed E-state index contributed by atoms with van der Waals surface area (Å²) in [4.78, 5) is 0. The molecule has 112 valence electrons. The van der Waals surface area contributed by atoms with Gasteiger partial charge in [0.1, 0.15) is 11.9 Å². The van der Waals surface area contributed by atoms with Crippen LogP contribution < -0.4 is 10.5 Å². The number of fused-ring (bicyclic) bond motifs is 1. The number of benzene rings is 1. The van der Waals surface area contributed by atoms with Crippen LogP contribution in [-0.4, -0.2) is 16.7 Å². The number of aryl methyl sites for hydroxylation is 1. The molecule has 0 saturated carbocycles. The van der Waals surface area contributed by atoms with Crippen LogP contribution in [0, 0.1) is 6.92 Å². The SMILES string of the molecule is CCC(N)Cc1cccn1CC1Cc2cc(C)ccc2O1. The first-order valence-corrected chi connectivity index (χ1v) is 7.81. The third kappa shape index (κ3) is 3.13. The summed E-state index contributed by atoms with van der Waals surface area (Å²) in [5.41, 5.74) is 10.0. The molecule has 0 radical (unpaired) electrons. The van der Waals surface area contributed by atoms with E-state index < -0.39 is 0 Å². The first-order valence-electron chi connectivity index (χ1n) is 7.81. The second-order valence-electron chi connectivity index (χ2n) is 6.08. The first kappa shape index (κ1) is 14.2. The van der Waals surface area contributed by atoms with Crippen molar-refractivity contribution >= 4 is 0 Å². The molecule has 1 aliphatic heterocycles. The maximum Gasteiger partial charge on any atom is 0.123 e. The monoisotopic (exact) mass is 284 g/mol. The van der Waals surface area contributed by atoms with Gasteiger partial charge in [0.05, 0.1) is 6.54 Å². The van der Waals surface area contributed by atoms with Gasteiger partial charge in [-0.2, -0.15) is 0 Å². The zero-order chi connectivity index (χ0) is 14.8. The number of hydrogen-bond acceptors (Lipinski definition) is 2. The van der Waals surface area contributed by atoms with E-state index in [1.807, 2.05) is 0 Å². The average molecular weight is 284 g/mol. The topological polar surface area (TPSA) is 40.2 Å². The average Bonchev–Trinajstić information content (AvgIpc) is 3.05. The van der Waals surface area contributed by atoms with Crippen LogP contribution >= 0.6 is 0 Å². The Labute approximate surface area is 126 Å². The molecule has 2 heterocycles. The van der Waals surface area contributed by atoms with Gasteiger partial charge in [0.15, 0.2) is 0 Å². The molecular weight excluding hydrogens is 260 g/mol. The molecule has 1 aromatic heterocycles. The molecule has 1 aliphatic rings. The molecule has 21 heavy (non-hydrogen) atoms. The van der Waals surface area contributed by atoms with Crippen LogP contribution in [0.15, 0.2) is 36.5 Å².